The van der Waals surface area contributed by atoms with Crippen LogP contribution < -0.4 is 11.5 Å². The SMILES string of the molecule is CC(C)(N)c1ccc(C(C)(C)N)s1. The van der Waals surface area contributed by atoms with Crippen LogP contribution in [0.5, 0.6) is 0 Å². The molecule has 1 rings (SSSR count). The molecule has 74 valence electrons. The van der Waals surface area contributed by atoms with Crippen molar-refractivity contribution in [2.45, 2.75) is 38.8 Å². The van der Waals surface area contributed by atoms with Crippen LogP contribution in [0.15, 0.2) is 12.1 Å². The van der Waals surface area contributed by atoms with Gasteiger partial charge in [0.15, 0.2) is 0 Å². The Morgan fingerprint density at radius 1 is 0.923 bits per heavy atom. The summed E-state index contributed by atoms with van der Waals surface area (Å²) in [6.07, 6.45) is 0. The Balaban J connectivity index is 3.01. The fourth-order valence-electron chi connectivity index (χ4n) is 1.03. The molecule has 0 radical (unpaired) electrons. The largest absolute Gasteiger partial charge is 0.321 e. The summed E-state index contributed by atoms with van der Waals surface area (Å²) >= 11 is 1.70. The van der Waals surface area contributed by atoms with E-state index in [2.05, 4.69) is 12.1 Å². The van der Waals surface area contributed by atoms with Gasteiger partial charge in [-0.1, -0.05) is 0 Å². The molecule has 0 bridgehead atoms. The van der Waals surface area contributed by atoms with E-state index in [9.17, 15) is 0 Å². The lowest BCUT2D eigenvalue weighted by atomic mass is 10.0. The van der Waals surface area contributed by atoms with Crippen molar-refractivity contribution < 1.29 is 0 Å². The van der Waals surface area contributed by atoms with Crippen LogP contribution >= 0.6 is 11.3 Å². The molecule has 13 heavy (non-hydrogen) atoms. The smallest absolute Gasteiger partial charge is 0.0446 e. The second-order valence-corrected chi connectivity index (χ2v) is 5.69. The molecule has 1 aromatic rings. The van der Waals surface area contributed by atoms with Crippen molar-refractivity contribution in [1.82, 2.24) is 0 Å². The second-order valence-electron chi connectivity index (χ2n) is 4.61. The number of hydrogen-bond donors (Lipinski definition) is 2. The van der Waals surface area contributed by atoms with Crippen LogP contribution in [-0.4, -0.2) is 0 Å². The molecular weight excluding hydrogens is 180 g/mol. The zero-order valence-electron chi connectivity index (χ0n) is 8.72. The van der Waals surface area contributed by atoms with E-state index in [1.807, 2.05) is 27.7 Å². The van der Waals surface area contributed by atoms with Gasteiger partial charge in [0, 0.05) is 20.8 Å². The lowest BCUT2D eigenvalue weighted by Gasteiger charge is -2.18. The number of hydrogen-bond acceptors (Lipinski definition) is 3. The monoisotopic (exact) mass is 198 g/mol. The molecule has 0 spiro atoms. The van der Waals surface area contributed by atoms with E-state index in [1.54, 1.807) is 11.3 Å². The highest BCUT2D eigenvalue weighted by Crippen LogP contribution is 2.30. The number of rotatable bonds is 2. The molecule has 1 aromatic heterocycles. The first-order valence-corrected chi connectivity index (χ1v) is 5.21. The Morgan fingerprint density at radius 2 is 1.23 bits per heavy atom. The normalized spacial score (nSPS) is 13.4. The van der Waals surface area contributed by atoms with Crippen molar-refractivity contribution in [2.75, 3.05) is 0 Å². The molecule has 0 atom stereocenters. The third-order valence-electron chi connectivity index (χ3n) is 1.88. The Hall–Kier alpha value is -0.380. The van der Waals surface area contributed by atoms with E-state index >= 15 is 0 Å². The minimum atomic E-state index is -0.256. The van der Waals surface area contributed by atoms with Crippen LogP contribution in [0.2, 0.25) is 0 Å². The van der Waals surface area contributed by atoms with Gasteiger partial charge in [0.25, 0.3) is 0 Å². The standard InChI is InChI=1S/C10H18N2S/c1-9(2,11)7-5-6-8(13-7)10(3,4)12/h5-6H,11-12H2,1-4H3. The summed E-state index contributed by atoms with van der Waals surface area (Å²) in [5.74, 6) is 0. The summed E-state index contributed by atoms with van der Waals surface area (Å²) in [7, 11) is 0. The maximum absolute atomic E-state index is 5.98. The summed E-state index contributed by atoms with van der Waals surface area (Å²) in [6, 6.07) is 4.13. The third kappa shape index (κ3) is 2.53. The van der Waals surface area contributed by atoms with Crippen LogP contribution in [0.1, 0.15) is 37.4 Å². The van der Waals surface area contributed by atoms with Gasteiger partial charge in [-0.15, -0.1) is 11.3 Å². The van der Waals surface area contributed by atoms with E-state index in [1.165, 1.54) is 9.75 Å². The topological polar surface area (TPSA) is 52.0 Å². The van der Waals surface area contributed by atoms with Crippen molar-refractivity contribution in [3.05, 3.63) is 21.9 Å². The molecule has 0 fully saturated rings. The molecule has 4 N–H and O–H groups in total. The summed E-state index contributed by atoms with van der Waals surface area (Å²) in [5.41, 5.74) is 11.5. The van der Waals surface area contributed by atoms with E-state index in [4.69, 9.17) is 11.5 Å². The van der Waals surface area contributed by atoms with Crippen molar-refractivity contribution in [1.29, 1.82) is 0 Å². The first-order chi connectivity index (χ1) is 5.71. The maximum atomic E-state index is 5.98. The van der Waals surface area contributed by atoms with Crippen molar-refractivity contribution >= 4 is 11.3 Å². The van der Waals surface area contributed by atoms with Gasteiger partial charge >= 0.3 is 0 Å². The Bertz CT molecular complexity index is 260. The van der Waals surface area contributed by atoms with Gasteiger partial charge in [-0.25, -0.2) is 0 Å². The quantitative estimate of drug-likeness (QED) is 0.765. The van der Waals surface area contributed by atoms with Gasteiger partial charge in [0.05, 0.1) is 0 Å². The van der Waals surface area contributed by atoms with Crippen LogP contribution in [0, 0.1) is 0 Å². The zero-order valence-corrected chi connectivity index (χ0v) is 9.53. The number of thiophene rings is 1. The zero-order chi connectivity index (χ0) is 10.3. The molecule has 0 saturated heterocycles. The molecular formula is C10H18N2S. The molecule has 0 saturated carbocycles. The molecule has 0 aromatic carbocycles. The Kier molecular flexibility index (Phi) is 2.54. The van der Waals surface area contributed by atoms with Gasteiger partial charge in [-0.05, 0) is 39.8 Å². The number of nitrogens with two attached hydrogens (primary N) is 2. The first-order valence-electron chi connectivity index (χ1n) is 4.40. The molecule has 0 aliphatic heterocycles. The van der Waals surface area contributed by atoms with Gasteiger partial charge in [-0.2, -0.15) is 0 Å². The fraction of sp³-hybridized carbons (Fsp3) is 0.600. The Labute approximate surface area is 83.9 Å². The first kappa shape index (κ1) is 10.7. The maximum Gasteiger partial charge on any atom is 0.0446 e. The summed E-state index contributed by atoms with van der Waals surface area (Å²) in [4.78, 5) is 2.36. The minimum Gasteiger partial charge on any atom is -0.321 e. The molecule has 3 heteroatoms. The summed E-state index contributed by atoms with van der Waals surface area (Å²) in [5, 5.41) is 0. The van der Waals surface area contributed by atoms with Crippen molar-refractivity contribution in [2.24, 2.45) is 11.5 Å². The average molecular weight is 198 g/mol. The van der Waals surface area contributed by atoms with Gasteiger partial charge in [0.2, 0.25) is 0 Å². The predicted molar refractivity (Wildman–Crippen MR) is 58.7 cm³/mol. The highest BCUT2D eigenvalue weighted by atomic mass is 32.1. The fourth-order valence-corrected chi connectivity index (χ4v) is 2.07. The average Bonchev–Trinajstić information content (AvgIpc) is 2.28. The molecule has 2 nitrogen and oxygen atoms in total. The lowest BCUT2D eigenvalue weighted by Crippen LogP contribution is -2.28. The van der Waals surface area contributed by atoms with Crippen molar-refractivity contribution in [3.8, 4) is 0 Å². The molecule has 0 amide bonds. The molecule has 0 aliphatic rings. The summed E-state index contributed by atoms with van der Waals surface area (Å²) in [6.45, 7) is 8.02. The van der Waals surface area contributed by atoms with Crippen LogP contribution in [0.3, 0.4) is 0 Å². The Morgan fingerprint density at radius 3 is 1.38 bits per heavy atom. The highest BCUT2D eigenvalue weighted by Gasteiger charge is 2.21. The minimum absolute atomic E-state index is 0.256. The second kappa shape index (κ2) is 3.08. The van der Waals surface area contributed by atoms with E-state index in [-0.39, 0.29) is 11.1 Å². The lowest BCUT2D eigenvalue weighted by molar-refractivity contribution is 0.565. The van der Waals surface area contributed by atoms with Crippen LogP contribution in [0.25, 0.3) is 0 Å². The molecule has 0 unspecified atom stereocenters. The molecule has 1 heterocycles. The van der Waals surface area contributed by atoms with E-state index in [0.29, 0.717) is 0 Å². The van der Waals surface area contributed by atoms with E-state index in [0.717, 1.165) is 0 Å². The molecule has 0 aliphatic carbocycles. The van der Waals surface area contributed by atoms with Crippen molar-refractivity contribution in [3.63, 3.8) is 0 Å². The van der Waals surface area contributed by atoms with Gasteiger partial charge < -0.3 is 11.5 Å². The van der Waals surface area contributed by atoms with Crippen LogP contribution in [0.4, 0.5) is 0 Å². The summed E-state index contributed by atoms with van der Waals surface area (Å²) < 4.78 is 0. The van der Waals surface area contributed by atoms with Gasteiger partial charge in [0.1, 0.15) is 0 Å². The predicted octanol–water partition coefficient (Wildman–Crippen LogP) is 2.14. The van der Waals surface area contributed by atoms with Crippen LogP contribution in [-0.2, 0) is 11.1 Å². The highest BCUT2D eigenvalue weighted by molar-refractivity contribution is 7.12. The van der Waals surface area contributed by atoms with E-state index < -0.39 is 0 Å². The third-order valence-corrected chi connectivity index (χ3v) is 3.64. The van der Waals surface area contributed by atoms with Gasteiger partial charge in [-0.3, -0.25) is 0 Å².